The van der Waals surface area contributed by atoms with Gasteiger partial charge in [0.05, 0.1) is 12.3 Å². The number of halogens is 1. The molecule has 2 aliphatic heterocycles. The Labute approximate surface area is 160 Å². The van der Waals surface area contributed by atoms with Crippen LogP contribution < -0.4 is 5.32 Å². The van der Waals surface area contributed by atoms with Crippen molar-refractivity contribution in [2.75, 3.05) is 19.6 Å². The zero-order valence-corrected chi connectivity index (χ0v) is 16.2. The second-order valence-electron chi connectivity index (χ2n) is 6.72. The number of rotatable bonds is 4. The van der Waals surface area contributed by atoms with Crippen molar-refractivity contribution < 1.29 is 8.42 Å². The molecule has 1 N–H and O–H groups in total. The van der Waals surface area contributed by atoms with Gasteiger partial charge in [-0.25, -0.2) is 12.7 Å². The van der Waals surface area contributed by atoms with E-state index in [1.54, 1.807) is 4.31 Å². The van der Waals surface area contributed by atoms with Crippen LogP contribution in [-0.2, 0) is 28.9 Å². The van der Waals surface area contributed by atoms with Crippen LogP contribution in [0, 0.1) is 0 Å². The van der Waals surface area contributed by atoms with Gasteiger partial charge < -0.3 is 9.88 Å². The summed E-state index contributed by atoms with van der Waals surface area (Å²) in [6.45, 7) is 3.70. The van der Waals surface area contributed by atoms with Gasteiger partial charge in [-0.3, -0.25) is 0 Å². The molecule has 0 bridgehead atoms. The summed E-state index contributed by atoms with van der Waals surface area (Å²) in [7, 11) is -3.27. The summed E-state index contributed by atoms with van der Waals surface area (Å²) in [5, 5.41) is 12.0. The van der Waals surface area contributed by atoms with Gasteiger partial charge in [-0.2, -0.15) is 0 Å². The highest BCUT2D eigenvalue weighted by molar-refractivity contribution is 7.88. The van der Waals surface area contributed by atoms with Crippen molar-refractivity contribution in [3.8, 4) is 0 Å². The Balaban J connectivity index is 0.00000196. The van der Waals surface area contributed by atoms with Gasteiger partial charge >= 0.3 is 0 Å². The van der Waals surface area contributed by atoms with Gasteiger partial charge in [0.1, 0.15) is 11.6 Å². The Morgan fingerprint density at radius 3 is 2.54 bits per heavy atom. The Hall–Kier alpha value is -1.48. The molecule has 0 saturated carbocycles. The SMILES string of the molecule is Cl.O=S(=O)(Cc1ccccc1)N1CCC(c2nnc3n2CCNC3)CC1. The van der Waals surface area contributed by atoms with Gasteiger partial charge in [0.15, 0.2) is 0 Å². The van der Waals surface area contributed by atoms with Crippen molar-refractivity contribution in [2.24, 2.45) is 0 Å². The molecule has 9 heteroatoms. The quantitative estimate of drug-likeness (QED) is 0.845. The van der Waals surface area contributed by atoms with E-state index < -0.39 is 10.0 Å². The molecule has 1 saturated heterocycles. The maximum atomic E-state index is 12.7. The molecule has 142 valence electrons. The van der Waals surface area contributed by atoms with E-state index >= 15 is 0 Å². The van der Waals surface area contributed by atoms with Crippen molar-refractivity contribution in [3.05, 3.63) is 47.5 Å². The number of nitrogens with one attached hydrogen (secondary N) is 1. The normalized spacial score (nSPS) is 18.9. The first kappa shape index (κ1) is 19.3. The summed E-state index contributed by atoms with van der Waals surface area (Å²) in [5.74, 6) is 2.38. The average Bonchev–Trinajstić information content (AvgIpc) is 3.06. The van der Waals surface area contributed by atoms with E-state index in [1.807, 2.05) is 30.3 Å². The van der Waals surface area contributed by atoms with Gasteiger partial charge in [0.2, 0.25) is 10.0 Å². The molecule has 26 heavy (non-hydrogen) atoms. The third kappa shape index (κ3) is 3.93. The molecule has 0 amide bonds. The predicted octanol–water partition coefficient (Wildman–Crippen LogP) is 1.51. The first-order valence-electron chi connectivity index (χ1n) is 8.78. The number of nitrogens with zero attached hydrogens (tertiary/aromatic N) is 4. The smallest absolute Gasteiger partial charge is 0.218 e. The lowest BCUT2D eigenvalue weighted by Crippen LogP contribution is -2.39. The van der Waals surface area contributed by atoms with Crippen LogP contribution in [0.3, 0.4) is 0 Å². The predicted molar refractivity (Wildman–Crippen MR) is 102 cm³/mol. The lowest BCUT2D eigenvalue weighted by Gasteiger charge is -2.31. The maximum Gasteiger partial charge on any atom is 0.218 e. The van der Waals surface area contributed by atoms with Crippen LogP contribution in [0.15, 0.2) is 30.3 Å². The second kappa shape index (κ2) is 8.04. The molecule has 3 heterocycles. The largest absolute Gasteiger partial charge is 0.312 e. The van der Waals surface area contributed by atoms with Crippen LogP contribution in [0.2, 0.25) is 0 Å². The lowest BCUT2D eigenvalue weighted by molar-refractivity contribution is 0.306. The Kier molecular flexibility index (Phi) is 5.96. The zero-order valence-electron chi connectivity index (χ0n) is 14.5. The number of aromatic nitrogens is 3. The molecule has 0 atom stereocenters. The van der Waals surface area contributed by atoms with Crippen LogP contribution >= 0.6 is 12.4 Å². The van der Waals surface area contributed by atoms with E-state index in [1.165, 1.54) is 0 Å². The van der Waals surface area contributed by atoms with Crippen LogP contribution in [0.25, 0.3) is 0 Å². The molecule has 1 fully saturated rings. The molecule has 7 nitrogen and oxygen atoms in total. The van der Waals surface area contributed by atoms with Gasteiger partial charge in [-0.1, -0.05) is 30.3 Å². The van der Waals surface area contributed by atoms with Crippen LogP contribution in [0.1, 0.15) is 36.0 Å². The minimum Gasteiger partial charge on any atom is -0.312 e. The number of fused-ring (bicyclic) bond motifs is 1. The fourth-order valence-corrected chi connectivity index (χ4v) is 5.25. The van der Waals surface area contributed by atoms with E-state index in [4.69, 9.17) is 0 Å². The third-order valence-electron chi connectivity index (χ3n) is 5.06. The van der Waals surface area contributed by atoms with Gasteiger partial charge in [0, 0.05) is 32.1 Å². The summed E-state index contributed by atoms with van der Waals surface area (Å²) in [6, 6.07) is 9.37. The Morgan fingerprint density at radius 1 is 1.08 bits per heavy atom. The molecule has 1 aromatic heterocycles. The zero-order chi connectivity index (χ0) is 17.3. The van der Waals surface area contributed by atoms with Crippen LogP contribution in [0.5, 0.6) is 0 Å². The molecule has 2 aromatic rings. The van der Waals surface area contributed by atoms with Gasteiger partial charge in [-0.05, 0) is 18.4 Å². The Morgan fingerprint density at radius 2 is 1.81 bits per heavy atom. The first-order valence-corrected chi connectivity index (χ1v) is 10.4. The summed E-state index contributed by atoms with van der Waals surface area (Å²) in [6.07, 6.45) is 1.61. The number of benzene rings is 1. The van der Waals surface area contributed by atoms with E-state index in [0.29, 0.717) is 19.0 Å². The average molecular weight is 398 g/mol. The highest BCUT2D eigenvalue weighted by Gasteiger charge is 2.31. The van der Waals surface area contributed by atoms with Crippen molar-refractivity contribution in [1.29, 1.82) is 0 Å². The highest BCUT2D eigenvalue weighted by atomic mass is 35.5. The van der Waals surface area contributed by atoms with Crippen LogP contribution in [-0.4, -0.2) is 47.1 Å². The van der Waals surface area contributed by atoms with Gasteiger partial charge in [0.25, 0.3) is 0 Å². The van der Waals surface area contributed by atoms with Crippen molar-refractivity contribution in [1.82, 2.24) is 24.4 Å². The maximum absolute atomic E-state index is 12.7. The Bertz CT molecular complexity index is 832. The van der Waals surface area contributed by atoms with E-state index in [-0.39, 0.29) is 18.2 Å². The lowest BCUT2D eigenvalue weighted by atomic mass is 9.97. The number of hydrogen-bond donors (Lipinski definition) is 1. The molecule has 0 unspecified atom stereocenters. The fourth-order valence-electron chi connectivity index (χ4n) is 3.68. The van der Waals surface area contributed by atoms with Crippen molar-refractivity contribution in [3.63, 3.8) is 0 Å². The second-order valence-corrected chi connectivity index (χ2v) is 8.69. The highest BCUT2D eigenvalue weighted by Crippen LogP contribution is 2.29. The summed E-state index contributed by atoms with van der Waals surface area (Å²) < 4.78 is 29.2. The van der Waals surface area contributed by atoms with E-state index in [0.717, 1.165) is 49.7 Å². The number of hydrogen-bond acceptors (Lipinski definition) is 5. The molecule has 1 aromatic carbocycles. The summed E-state index contributed by atoms with van der Waals surface area (Å²) >= 11 is 0. The molecule has 2 aliphatic rings. The number of piperidine rings is 1. The van der Waals surface area contributed by atoms with Crippen molar-refractivity contribution >= 4 is 22.4 Å². The number of sulfonamides is 1. The fraction of sp³-hybridized carbons (Fsp3) is 0.529. The summed E-state index contributed by atoms with van der Waals surface area (Å²) in [4.78, 5) is 0. The van der Waals surface area contributed by atoms with E-state index in [2.05, 4.69) is 20.1 Å². The monoisotopic (exact) mass is 397 g/mol. The third-order valence-corrected chi connectivity index (χ3v) is 6.91. The van der Waals surface area contributed by atoms with Crippen LogP contribution in [0.4, 0.5) is 0 Å². The molecule has 4 rings (SSSR count). The minimum atomic E-state index is -3.27. The summed E-state index contributed by atoms with van der Waals surface area (Å²) in [5.41, 5.74) is 0.837. The standard InChI is InChI=1S/C17H23N5O2S.ClH/c23-25(24,13-14-4-2-1-3-5-14)21-9-6-15(7-10-21)17-20-19-16-12-18-8-11-22(16)17;/h1-5,15,18H,6-13H2;1H. The van der Waals surface area contributed by atoms with Gasteiger partial charge in [-0.15, -0.1) is 22.6 Å². The van der Waals surface area contributed by atoms with E-state index in [9.17, 15) is 8.42 Å². The first-order chi connectivity index (χ1) is 12.1. The molecular formula is C17H24ClN5O2S. The molecule has 0 spiro atoms. The molecule has 0 aliphatic carbocycles. The molecule has 0 radical (unpaired) electrons. The molecular weight excluding hydrogens is 374 g/mol. The van der Waals surface area contributed by atoms with Crippen molar-refractivity contribution in [2.45, 2.75) is 37.6 Å². The topological polar surface area (TPSA) is 80.1 Å². The minimum absolute atomic E-state index is 0.